The van der Waals surface area contributed by atoms with Crippen molar-refractivity contribution in [2.24, 2.45) is 5.92 Å². The van der Waals surface area contributed by atoms with E-state index >= 15 is 0 Å². The number of amides is 1. The van der Waals surface area contributed by atoms with Gasteiger partial charge in [-0.2, -0.15) is 0 Å². The summed E-state index contributed by atoms with van der Waals surface area (Å²) >= 11 is 0. The summed E-state index contributed by atoms with van der Waals surface area (Å²) in [6.45, 7) is 3.13. The lowest BCUT2D eigenvalue weighted by Crippen LogP contribution is -2.20. The van der Waals surface area contributed by atoms with Crippen LogP contribution in [0.15, 0.2) is 12.1 Å². The summed E-state index contributed by atoms with van der Waals surface area (Å²) in [6, 6.07) is 3.45. The van der Waals surface area contributed by atoms with Gasteiger partial charge in [-0.25, -0.2) is 0 Å². The Hall–Kier alpha value is -1.69. The van der Waals surface area contributed by atoms with Crippen LogP contribution < -0.4 is 16.0 Å². The lowest BCUT2D eigenvalue weighted by atomic mass is 10.1. The molecule has 1 fully saturated rings. The maximum Gasteiger partial charge on any atom is 0.271 e. The monoisotopic (exact) mass is 249 g/mol. The summed E-state index contributed by atoms with van der Waals surface area (Å²) < 4.78 is 0. The minimum Gasteiger partial charge on any atom is -0.369 e. The van der Waals surface area contributed by atoms with Crippen LogP contribution in [-0.2, 0) is 0 Å². The van der Waals surface area contributed by atoms with E-state index in [0.29, 0.717) is 11.5 Å². The van der Waals surface area contributed by atoms with E-state index in [4.69, 9.17) is 0 Å². The average Bonchev–Trinajstić information content (AvgIpc) is 2.92. The number of hydrogen-bond donors (Lipinski definition) is 3. The molecule has 0 spiro atoms. The van der Waals surface area contributed by atoms with Gasteiger partial charge in [0.1, 0.15) is 5.82 Å². The van der Waals surface area contributed by atoms with Gasteiger partial charge in [0, 0.05) is 13.6 Å². The van der Waals surface area contributed by atoms with E-state index in [-0.39, 0.29) is 5.91 Å². The summed E-state index contributed by atoms with van der Waals surface area (Å²) in [5.41, 5.74) is 0.336. The Morgan fingerprint density at radius 3 is 3.00 bits per heavy atom. The largest absolute Gasteiger partial charge is 0.369 e. The van der Waals surface area contributed by atoms with Crippen LogP contribution in [0.1, 0.15) is 23.3 Å². The summed E-state index contributed by atoms with van der Waals surface area (Å²) in [6.07, 6.45) is 2.38. The Morgan fingerprint density at radius 2 is 2.39 bits per heavy atom. The van der Waals surface area contributed by atoms with Gasteiger partial charge in [-0.05, 0) is 44.0 Å². The summed E-state index contributed by atoms with van der Waals surface area (Å²) in [5.74, 6) is 1.26. The number of nitrogens with zero attached hydrogens (tertiary/aromatic N) is 2. The van der Waals surface area contributed by atoms with Gasteiger partial charge >= 0.3 is 0 Å². The lowest BCUT2D eigenvalue weighted by molar-refractivity contribution is 0.0957. The van der Waals surface area contributed by atoms with Crippen molar-refractivity contribution in [3.8, 4) is 0 Å². The topological polar surface area (TPSA) is 78.9 Å². The molecule has 0 radical (unpaired) electrons. The number of aromatic nitrogens is 2. The highest BCUT2D eigenvalue weighted by Gasteiger charge is 2.13. The SMILES string of the molecule is CNC(=O)c1ccc(NCCC2CCNC2)nn1. The zero-order valence-corrected chi connectivity index (χ0v) is 10.6. The molecule has 0 saturated carbocycles. The third-order valence-electron chi connectivity index (χ3n) is 3.15. The maximum absolute atomic E-state index is 11.3. The van der Waals surface area contributed by atoms with Crippen LogP contribution >= 0.6 is 0 Å². The van der Waals surface area contributed by atoms with Gasteiger partial charge in [0.25, 0.3) is 5.91 Å². The average molecular weight is 249 g/mol. The Bertz CT molecular complexity index is 386. The second-order valence-electron chi connectivity index (χ2n) is 4.46. The third kappa shape index (κ3) is 3.40. The number of hydrogen-bond acceptors (Lipinski definition) is 5. The van der Waals surface area contributed by atoms with Crippen LogP contribution in [0, 0.1) is 5.92 Å². The van der Waals surface area contributed by atoms with Crippen molar-refractivity contribution in [2.75, 3.05) is 32.0 Å². The van der Waals surface area contributed by atoms with E-state index in [1.807, 2.05) is 0 Å². The fraction of sp³-hybridized carbons (Fsp3) is 0.583. The van der Waals surface area contributed by atoms with Crippen LogP contribution in [0.3, 0.4) is 0 Å². The zero-order chi connectivity index (χ0) is 12.8. The van der Waals surface area contributed by atoms with Gasteiger partial charge in [0.2, 0.25) is 0 Å². The molecule has 6 nitrogen and oxygen atoms in total. The van der Waals surface area contributed by atoms with Crippen molar-refractivity contribution in [1.29, 1.82) is 0 Å². The highest BCUT2D eigenvalue weighted by molar-refractivity contribution is 5.91. The molecule has 1 saturated heterocycles. The molecule has 1 unspecified atom stereocenters. The summed E-state index contributed by atoms with van der Waals surface area (Å²) in [5, 5.41) is 16.9. The van der Waals surface area contributed by atoms with Crippen LogP contribution in [-0.4, -0.2) is 42.8 Å². The molecule has 0 bridgehead atoms. The minimum atomic E-state index is -0.217. The smallest absolute Gasteiger partial charge is 0.271 e. The van der Waals surface area contributed by atoms with E-state index < -0.39 is 0 Å². The Balaban J connectivity index is 1.77. The van der Waals surface area contributed by atoms with Gasteiger partial charge in [0.05, 0.1) is 0 Å². The molecule has 1 aliphatic rings. The molecule has 0 aromatic carbocycles. The van der Waals surface area contributed by atoms with Gasteiger partial charge in [-0.1, -0.05) is 0 Å². The first-order valence-corrected chi connectivity index (χ1v) is 6.30. The second kappa shape index (κ2) is 6.30. The summed E-state index contributed by atoms with van der Waals surface area (Å²) in [4.78, 5) is 11.3. The Kier molecular flexibility index (Phi) is 4.46. The number of rotatable bonds is 5. The van der Waals surface area contributed by atoms with E-state index in [1.165, 1.54) is 6.42 Å². The molecule has 6 heteroatoms. The number of carbonyl (C=O) groups is 1. The number of carbonyl (C=O) groups excluding carboxylic acids is 1. The van der Waals surface area contributed by atoms with E-state index in [1.54, 1.807) is 19.2 Å². The molecule has 1 aromatic rings. The number of anilines is 1. The molecular formula is C12H19N5O. The molecule has 18 heavy (non-hydrogen) atoms. The first kappa shape index (κ1) is 12.8. The quantitative estimate of drug-likeness (QED) is 0.697. The molecule has 1 amide bonds. The van der Waals surface area contributed by atoms with E-state index in [9.17, 15) is 4.79 Å². The molecule has 1 aliphatic heterocycles. The van der Waals surface area contributed by atoms with Gasteiger partial charge in [-0.15, -0.1) is 10.2 Å². The van der Waals surface area contributed by atoms with Crippen LogP contribution in [0.25, 0.3) is 0 Å². The fourth-order valence-corrected chi connectivity index (χ4v) is 2.04. The fourth-order valence-electron chi connectivity index (χ4n) is 2.04. The molecule has 3 N–H and O–H groups in total. The molecule has 2 rings (SSSR count). The van der Waals surface area contributed by atoms with Crippen molar-refractivity contribution >= 4 is 11.7 Å². The second-order valence-corrected chi connectivity index (χ2v) is 4.46. The predicted octanol–water partition coefficient (Wildman–Crippen LogP) is 0.248. The summed E-state index contributed by atoms with van der Waals surface area (Å²) in [7, 11) is 1.58. The van der Waals surface area contributed by atoms with E-state index in [2.05, 4.69) is 26.1 Å². The first-order chi connectivity index (χ1) is 8.79. The third-order valence-corrected chi connectivity index (χ3v) is 3.15. The molecule has 98 valence electrons. The predicted molar refractivity (Wildman–Crippen MR) is 69.5 cm³/mol. The number of nitrogens with one attached hydrogen (secondary N) is 3. The molecular weight excluding hydrogens is 230 g/mol. The molecule has 0 aliphatic carbocycles. The van der Waals surface area contributed by atoms with E-state index in [0.717, 1.165) is 32.0 Å². The highest BCUT2D eigenvalue weighted by atomic mass is 16.1. The zero-order valence-electron chi connectivity index (χ0n) is 10.6. The maximum atomic E-state index is 11.3. The van der Waals surface area contributed by atoms with Crippen LogP contribution in [0.4, 0.5) is 5.82 Å². The van der Waals surface area contributed by atoms with Crippen molar-refractivity contribution in [3.63, 3.8) is 0 Å². The Morgan fingerprint density at radius 1 is 1.50 bits per heavy atom. The molecule has 2 heterocycles. The Labute approximate surface area is 107 Å². The van der Waals surface area contributed by atoms with Crippen molar-refractivity contribution in [3.05, 3.63) is 17.8 Å². The highest BCUT2D eigenvalue weighted by Crippen LogP contribution is 2.12. The minimum absolute atomic E-state index is 0.217. The van der Waals surface area contributed by atoms with Crippen molar-refractivity contribution < 1.29 is 4.79 Å². The van der Waals surface area contributed by atoms with Gasteiger partial charge < -0.3 is 16.0 Å². The standard InChI is InChI=1S/C12H19N5O/c1-13-12(18)10-2-3-11(17-16-10)15-7-5-9-4-6-14-8-9/h2-3,9,14H,4-8H2,1H3,(H,13,18)(H,15,17). The van der Waals surface area contributed by atoms with Crippen molar-refractivity contribution in [2.45, 2.75) is 12.8 Å². The van der Waals surface area contributed by atoms with Crippen LogP contribution in [0.5, 0.6) is 0 Å². The molecule has 1 atom stereocenters. The molecule has 1 aromatic heterocycles. The lowest BCUT2D eigenvalue weighted by Gasteiger charge is -2.09. The normalized spacial score (nSPS) is 18.6. The van der Waals surface area contributed by atoms with Gasteiger partial charge in [-0.3, -0.25) is 4.79 Å². The van der Waals surface area contributed by atoms with Crippen LogP contribution in [0.2, 0.25) is 0 Å². The van der Waals surface area contributed by atoms with Gasteiger partial charge in [0.15, 0.2) is 5.69 Å². The van der Waals surface area contributed by atoms with Crippen molar-refractivity contribution in [1.82, 2.24) is 20.8 Å². The first-order valence-electron chi connectivity index (χ1n) is 6.30.